The Morgan fingerprint density at radius 1 is 1.06 bits per heavy atom. The summed E-state index contributed by atoms with van der Waals surface area (Å²) >= 11 is 0. The van der Waals surface area contributed by atoms with Gasteiger partial charge in [0.2, 0.25) is 0 Å². The molecule has 0 saturated carbocycles. The molecule has 0 atom stereocenters. The highest BCUT2D eigenvalue weighted by molar-refractivity contribution is 5.85. The molecule has 1 aliphatic rings. The van der Waals surface area contributed by atoms with Gasteiger partial charge in [-0.1, -0.05) is 32.9 Å². The number of carbonyl (C=O) groups is 1. The van der Waals surface area contributed by atoms with Gasteiger partial charge in [0.1, 0.15) is 11.6 Å². The van der Waals surface area contributed by atoms with Crippen LogP contribution in [0.1, 0.15) is 38.7 Å². The first-order valence-electron chi connectivity index (χ1n) is 12.0. The molecule has 0 aliphatic carbocycles. The maximum Gasteiger partial charge on any atom is 0.260 e. The number of fused-ring (bicyclic) bond motifs is 1. The summed E-state index contributed by atoms with van der Waals surface area (Å²) in [6.07, 6.45) is 0.846. The quantitative estimate of drug-likeness (QED) is 0.519. The van der Waals surface area contributed by atoms with E-state index in [4.69, 9.17) is 4.74 Å². The molecule has 1 fully saturated rings. The van der Waals surface area contributed by atoms with Crippen molar-refractivity contribution in [3.63, 3.8) is 0 Å². The van der Waals surface area contributed by atoms with Gasteiger partial charge in [0.05, 0.1) is 11.2 Å². The topological polar surface area (TPSA) is 54.8 Å². The van der Waals surface area contributed by atoms with Crippen molar-refractivity contribution in [1.82, 2.24) is 9.47 Å². The summed E-state index contributed by atoms with van der Waals surface area (Å²) < 4.78 is 21.7. The molecule has 1 amide bonds. The van der Waals surface area contributed by atoms with Crippen LogP contribution in [0.3, 0.4) is 0 Å². The summed E-state index contributed by atoms with van der Waals surface area (Å²) in [6, 6.07) is 14.1. The summed E-state index contributed by atoms with van der Waals surface area (Å²) in [7, 11) is 0. The molecule has 180 valence electrons. The normalized spacial score (nSPS) is 14.1. The van der Waals surface area contributed by atoms with Crippen LogP contribution in [0.4, 0.5) is 10.1 Å². The molecule has 0 spiro atoms. The molecule has 2 heterocycles. The maximum absolute atomic E-state index is 14.1. The maximum atomic E-state index is 14.1. The molecule has 1 aromatic heterocycles. The van der Waals surface area contributed by atoms with E-state index in [0.29, 0.717) is 44.2 Å². The second-order valence-corrected chi connectivity index (χ2v) is 9.03. The number of halogens is 1. The Hall–Kier alpha value is -3.35. The lowest BCUT2D eigenvalue weighted by Crippen LogP contribution is -2.50. The highest BCUT2D eigenvalue weighted by Crippen LogP contribution is 2.27. The fourth-order valence-corrected chi connectivity index (χ4v) is 4.55. The van der Waals surface area contributed by atoms with Crippen LogP contribution in [0.25, 0.3) is 10.9 Å². The van der Waals surface area contributed by atoms with Crippen molar-refractivity contribution in [3.8, 4) is 5.75 Å². The number of nitrogens with zero attached hydrogens (tertiary/aromatic N) is 3. The third kappa shape index (κ3) is 4.93. The molecule has 3 aromatic rings. The molecule has 4 rings (SSSR count). The van der Waals surface area contributed by atoms with Crippen LogP contribution < -0.4 is 15.2 Å². The van der Waals surface area contributed by atoms with Gasteiger partial charge in [-0.3, -0.25) is 9.59 Å². The third-order valence-corrected chi connectivity index (χ3v) is 6.37. The zero-order valence-electron chi connectivity index (χ0n) is 20.1. The summed E-state index contributed by atoms with van der Waals surface area (Å²) in [5.41, 5.74) is 2.41. The molecule has 0 bridgehead atoms. The van der Waals surface area contributed by atoms with Crippen molar-refractivity contribution < 1.29 is 13.9 Å². The molecule has 1 aliphatic heterocycles. The van der Waals surface area contributed by atoms with Gasteiger partial charge in [-0.15, -0.1) is 0 Å². The number of hydrogen-bond acceptors (Lipinski definition) is 4. The largest absolute Gasteiger partial charge is 0.484 e. The number of pyridine rings is 1. The highest BCUT2D eigenvalue weighted by atomic mass is 19.1. The van der Waals surface area contributed by atoms with Crippen LogP contribution in [-0.2, 0) is 11.3 Å². The molecular weight excluding hydrogens is 433 g/mol. The second kappa shape index (κ2) is 10.3. The van der Waals surface area contributed by atoms with Gasteiger partial charge in [-0.2, -0.15) is 0 Å². The predicted molar refractivity (Wildman–Crippen MR) is 133 cm³/mol. The van der Waals surface area contributed by atoms with E-state index in [-0.39, 0.29) is 29.8 Å². The Morgan fingerprint density at radius 3 is 2.47 bits per heavy atom. The Morgan fingerprint density at radius 2 is 1.79 bits per heavy atom. The molecule has 7 heteroatoms. The molecule has 34 heavy (non-hydrogen) atoms. The van der Waals surface area contributed by atoms with Crippen LogP contribution >= 0.6 is 0 Å². The van der Waals surface area contributed by atoms with E-state index in [9.17, 15) is 14.0 Å². The van der Waals surface area contributed by atoms with Crippen LogP contribution in [0.15, 0.2) is 53.3 Å². The summed E-state index contributed by atoms with van der Waals surface area (Å²) in [5.74, 6) is 0.443. The molecule has 6 nitrogen and oxygen atoms in total. The van der Waals surface area contributed by atoms with Crippen LogP contribution in [0, 0.1) is 5.82 Å². The number of aryl methyl sites for hydroxylation is 1. The molecule has 1 saturated heterocycles. The fraction of sp³-hybridized carbons (Fsp3) is 0.407. The van der Waals surface area contributed by atoms with Crippen molar-refractivity contribution in [2.75, 3.05) is 37.7 Å². The number of carbonyl (C=O) groups excluding carboxylic acids is 1. The van der Waals surface area contributed by atoms with Gasteiger partial charge in [-0.25, -0.2) is 4.39 Å². The number of ether oxygens (including phenoxy) is 1. The number of benzene rings is 2. The van der Waals surface area contributed by atoms with E-state index in [1.807, 2.05) is 36.1 Å². The van der Waals surface area contributed by atoms with Crippen molar-refractivity contribution in [2.45, 2.75) is 39.7 Å². The molecule has 0 unspecified atom stereocenters. The van der Waals surface area contributed by atoms with E-state index in [1.54, 1.807) is 27.7 Å². The highest BCUT2D eigenvalue weighted by Gasteiger charge is 2.23. The van der Waals surface area contributed by atoms with Gasteiger partial charge >= 0.3 is 0 Å². The van der Waals surface area contributed by atoms with Crippen LogP contribution in [0.2, 0.25) is 0 Å². The van der Waals surface area contributed by atoms with Crippen LogP contribution in [-0.4, -0.2) is 48.2 Å². The lowest BCUT2D eigenvalue weighted by atomic mass is 9.98. The number of piperazine rings is 1. The summed E-state index contributed by atoms with van der Waals surface area (Å²) in [5, 5.41) is 1.03. The number of anilines is 1. The molecule has 2 aromatic carbocycles. The average Bonchev–Trinajstić information content (AvgIpc) is 2.84. The number of rotatable bonds is 7. The molecule has 0 N–H and O–H groups in total. The summed E-state index contributed by atoms with van der Waals surface area (Å²) in [4.78, 5) is 29.2. The Balaban J connectivity index is 1.44. The van der Waals surface area contributed by atoms with E-state index < -0.39 is 0 Å². The molecule has 0 radical (unpaired) electrons. The Kier molecular flexibility index (Phi) is 7.20. The van der Waals surface area contributed by atoms with Gasteiger partial charge in [0.15, 0.2) is 6.61 Å². The minimum absolute atomic E-state index is 0.0148. The standard InChI is InChI=1S/C27H32FN3O3/c1-4-11-31-25-16-20(9-10-21(25)22(19(2)3)17-26(31)32)34-18-27(33)30-14-12-29(13-15-30)24-8-6-5-7-23(24)28/h5-10,16-17,19H,4,11-15,18H2,1-3H3. The first kappa shape index (κ1) is 23.8. The average molecular weight is 466 g/mol. The van der Waals surface area contributed by atoms with Crippen molar-refractivity contribution in [2.24, 2.45) is 0 Å². The number of hydrogen-bond donors (Lipinski definition) is 0. The smallest absolute Gasteiger partial charge is 0.260 e. The van der Waals surface area contributed by atoms with Gasteiger partial charge in [0, 0.05) is 50.2 Å². The van der Waals surface area contributed by atoms with E-state index in [0.717, 1.165) is 22.9 Å². The van der Waals surface area contributed by atoms with Gasteiger partial charge < -0.3 is 19.1 Å². The summed E-state index contributed by atoms with van der Waals surface area (Å²) in [6.45, 7) is 8.92. The van der Waals surface area contributed by atoms with Crippen molar-refractivity contribution >= 4 is 22.5 Å². The monoisotopic (exact) mass is 465 g/mol. The fourth-order valence-electron chi connectivity index (χ4n) is 4.55. The van der Waals surface area contributed by atoms with E-state index in [1.165, 1.54) is 6.07 Å². The minimum atomic E-state index is -0.246. The first-order valence-corrected chi connectivity index (χ1v) is 12.0. The van der Waals surface area contributed by atoms with Crippen molar-refractivity contribution in [3.05, 3.63) is 70.3 Å². The predicted octanol–water partition coefficient (Wildman–Crippen LogP) is 4.40. The number of para-hydroxylation sites is 1. The Labute approximate surface area is 199 Å². The van der Waals surface area contributed by atoms with Crippen LogP contribution in [0.5, 0.6) is 5.75 Å². The van der Waals surface area contributed by atoms with Gasteiger partial charge in [-0.05, 0) is 42.2 Å². The zero-order valence-corrected chi connectivity index (χ0v) is 20.1. The van der Waals surface area contributed by atoms with E-state index in [2.05, 4.69) is 13.8 Å². The van der Waals surface area contributed by atoms with E-state index >= 15 is 0 Å². The third-order valence-electron chi connectivity index (χ3n) is 6.37. The van der Waals surface area contributed by atoms with Crippen molar-refractivity contribution in [1.29, 1.82) is 0 Å². The Bertz CT molecular complexity index is 1230. The lowest BCUT2D eigenvalue weighted by Gasteiger charge is -2.36. The van der Waals surface area contributed by atoms with Gasteiger partial charge in [0.25, 0.3) is 11.5 Å². The number of amides is 1. The zero-order chi connectivity index (χ0) is 24.2. The first-order chi connectivity index (χ1) is 16.4. The second-order valence-electron chi connectivity index (χ2n) is 9.03. The number of aromatic nitrogens is 1. The minimum Gasteiger partial charge on any atom is -0.484 e. The lowest BCUT2D eigenvalue weighted by molar-refractivity contribution is -0.133. The molecular formula is C27H32FN3O3. The SMILES string of the molecule is CCCn1c(=O)cc(C(C)C)c2ccc(OCC(=O)N3CCN(c4ccccc4F)CC3)cc21.